The van der Waals surface area contributed by atoms with Crippen molar-refractivity contribution in [2.45, 2.75) is 26.3 Å². The molecule has 0 aromatic heterocycles. The summed E-state index contributed by atoms with van der Waals surface area (Å²) in [4.78, 5) is 13.9. The molecule has 1 unspecified atom stereocenters. The number of nitrogens with zero attached hydrogens (tertiary/aromatic N) is 1. The predicted molar refractivity (Wildman–Crippen MR) is 76.0 cm³/mol. The largest absolute Gasteiger partial charge is 0.370 e. The van der Waals surface area contributed by atoms with Gasteiger partial charge in [0.25, 0.3) is 0 Å². The molecule has 0 spiro atoms. The Bertz CT molecular complexity index is 514. The Balaban J connectivity index is 1.90. The van der Waals surface area contributed by atoms with Crippen molar-refractivity contribution in [1.82, 2.24) is 5.32 Å². The average Bonchev–Trinajstić information content (AvgIpc) is 2.82. The van der Waals surface area contributed by atoms with Crippen LogP contribution in [0.15, 0.2) is 18.2 Å². The third kappa shape index (κ3) is 2.10. The van der Waals surface area contributed by atoms with Crippen LogP contribution in [-0.2, 0) is 17.8 Å². The number of hydrogen-bond donors (Lipinski definition) is 2. The highest BCUT2D eigenvalue weighted by molar-refractivity contribution is 5.82. The lowest BCUT2D eigenvalue weighted by Crippen LogP contribution is -2.37. The molecule has 3 rings (SSSR count). The fourth-order valence-electron chi connectivity index (χ4n) is 3.18. The topological polar surface area (TPSA) is 58.4 Å². The number of carbonyl (C=O) groups is 1. The highest BCUT2D eigenvalue weighted by Gasteiger charge is 2.39. The molecule has 19 heavy (non-hydrogen) atoms. The van der Waals surface area contributed by atoms with Crippen molar-refractivity contribution >= 4 is 11.6 Å². The summed E-state index contributed by atoms with van der Waals surface area (Å²) in [6.45, 7) is 5.62. The van der Waals surface area contributed by atoms with Crippen LogP contribution in [0.2, 0.25) is 0 Å². The molecule has 2 aliphatic heterocycles. The molecule has 4 heteroatoms. The lowest BCUT2D eigenvalue weighted by atomic mass is 9.89. The first-order valence-electron chi connectivity index (χ1n) is 6.96. The van der Waals surface area contributed by atoms with Gasteiger partial charge in [0, 0.05) is 25.3 Å². The predicted octanol–water partition coefficient (Wildman–Crippen LogP) is 1.03. The van der Waals surface area contributed by atoms with Crippen LogP contribution in [0.5, 0.6) is 0 Å². The number of nitrogens with one attached hydrogen (secondary N) is 1. The van der Waals surface area contributed by atoms with E-state index in [0.717, 1.165) is 39.0 Å². The summed E-state index contributed by atoms with van der Waals surface area (Å²) in [5, 5.41) is 3.40. The van der Waals surface area contributed by atoms with Gasteiger partial charge in [-0.15, -0.1) is 0 Å². The van der Waals surface area contributed by atoms with Crippen LogP contribution in [0.3, 0.4) is 0 Å². The maximum absolute atomic E-state index is 11.6. The molecular weight excluding hydrogens is 238 g/mol. The average molecular weight is 259 g/mol. The van der Waals surface area contributed by atoms with E-state index in [2.05, 4.69) is 28.4 Å². The minimum Gasteiger partial charge on any atom is -0.370 e. The third-order valence-electron chi connectivity index (χ3n) is 4.52. The van der Waals surface area contributed by atoms with Crippen LogP contribution >= 0.6 is 0 Å². The van der Waals surface area contributed by atoms with Crippen molar-refractivity contribution in [3.63, 3.8) is 0 Å². The SMILES string of the molecule is CC1(C(N)=O)CCN(c2cccc3c2CCNC3)C1. The van der Waals surface area contributed by atoms with E-state index in [0.29, 0.717) is 0 Å². The summed E-state index contributed by atoms with van der Waals surface area (Å²) in [7, 11) is 0. The maximum atomic E-state index is 11.6. The lowest BCUT2D eigenvalue weighted by molar-refractivity contribution is -0.125. The molecular formula is C15H21N3O. The van der Waals surface area contributed by atoms with Crippen LogP contribution in [0.25, 0.3) is 0 Å². The molecule has 4 nitrogen and oxygen atoms in total. The molecule has 1 saturated heterocycles. The zero-order chi connectivity index (χ0) is 13.5. The van der Waals surface area contributed by atoms with Gasteiger partial charge in [0.15, 0.2) is 0 Å². The Morgan fingerprint density at radius 2 is 2.32 bits per heavy atom. The van der Waals surface area contributed by atoms with Crippen molar-refractivity contribution in [3.8, 4) is 0 Å². The lowest BCUT2D eigenvalue weighted by Gasteiger charge is -2.28. The number of hydrogen-bond acceptors (Lipinski definition) is 3. The minimum absolute atomic E-state index is 0.179. The van der Waals surface area contributed by atoms with Gasteiger partial charge in [0.05, 0.1) is 5.41 Å². The van der Waals surface area contributed by atoms with Gasteiger partial charge in [-0.25, -0.2) is 0 Å². The number of fused-ring (bicyclic) bond motifs is 1. The molecule has 2 aliphatic rings. The second-order valence-electron chi connectivity index (χ2n) is 5.94. The first-order chi connectivity index (χ1) is 9.10. The van der Waals surface area contributed by atoms with Crippen LogP contribution in [0, 0.1) is 5.41 Å². The summed E-state index contributed by atoms with van der Waals surface area (Å²) in [6, 6.07) is 6.48. The van der Waals surface area contributed by atoms with Gasteiger partial charge in [0.1, 0.15) is 0 Å². The van der Waals surface area contributed by atoms with Gasteiger partial charge in [-0.1, -0.05) is 12.1 Å². The second-order valence-corrected chi connectivity index (χ2v) is 5.94. The first kappa shape index (κ1) is 12.5. The molecule has 0 aliphatic carbocycles. The zero-order valence-corrected chi connectivity index (χ0v) is 11.4. The molecule has 102 valence electrons. The smallest absolute Gasteiger partial charge is 0.225 e. The molecule has 0 saturated carbocycles. The van der Waals surface area contributed by atoms with Crippen LogP contribution in [-0.4, -0.2) is 25.5 Å². The van der Waals surface area contributed by atoms with E-state index >= 15 is 0 Å². The molecule has 1 aromatic carbocycles. The molecule has 1 fully saturated rings. The number of benzene rings is 1. The molecule has 1 amide bonds. The maximum Gasteiger partial charge on any atom is 0.225 e. The molecule has 1 aromatic rings. The van der Waals surface area contributed by atoms with Gasteiger partial charge in [-0.3, -0.25) is 4.79 Å². The van der Waals surface area contributed by atoms with E-state index in [1.54, 1.807) is 0 Å². The van der Waals surface area contributed by atoms with Crippen molar-refractivity contribution in [2.75, 3.05) is 24.5 Å². The monoisotopic (exact) mass is 259 g/mol. The highest BCUT2D eigenvalue weighted by Crippen LogP contribution is 2.36. The van der Waals surface area contributed by atoms with E-state index in [-0.39, 0.29) is 11.3 Å². The van der Waals surface area contributed by atoms with Gasteiger partial charge in [-0.05, 0) is 43.5 Å². The number of anilines is 1. The van der Waals surface area contributed by atoms with Crippen molar-refractivity contribution in [2.24, 2.45) is 11.1 Å². The van der Waals surface area contributed by atoms with E-state index in [1.807, 2.05) is 6.92 Å². The summed E-state index contributed by atoms with van der Waals surface area (Å²) in [5.74, 6) is -0.179. The van der Waals surface area contributed by atoms with E-state index < -0.39 is 0 Å². The zero-order valence-electron chi connectivity index (χ0n) is 11.4. The second kappa shape index (κ2) is 4.53. The summed E-state index contributed by atoms with van der Waals surface area (Å²) >= 11 is 0. The van der Waals surface area contributed by atoms with Crippen molar-refractivity contribution < 1.29 is 4.79 Å². The minimum atomic E-state index is -0.379. The number of amides is 1. The van der Waals surface area contributed by atoms with Crippen LogP contribution < -0.4 is 16.0 Å². The van der Waals surface area contributed by atoms with Gasteiger partial charge < -0.3 is 16.0 Å². The molecule has 0 radical (unpaired) electrons. The third-order valence-corrected chi connectivity index (χ3v) is 4.52. The van der Waals surface area contributed by atoms with Crippen LogP contribution in [0.4, 0.5) is 5.69 Å². The fraction of sp³-hybridized carbons (Fsp3) is 0.533. The molecule has 0 bridgehead atoms. The van der Waals surface area contributed by atoms with Gasteiger partial charge in [-0.2, -0.15) is 0 Å². The Morgan fingerprint density at radius 1 is 1.47 bits per heavy atom. The number of primary amides is 1. The quantitative estimate of drug-likeness (QED) is 0.834. The number of carbonyl (C=O) groups excluding carboxylic acids is 1. The summed E-state index contributed by atoms with van der Waals surface area (Å²) in [6.07, 6.45) is 1.92. The summed E-state index contributed by atoms with van der Waals surface area (Å²) < 4.78 is 0. The molecule has 3 N–H and O–H groups in total. The van der Waals surface area contributed by atoms with Gasteiger partial charge >= 0.3 is 0 Å². The highest BCUT2D eigenvalue weighted by atomic mass is 16.1. The van der Waals surface area contributed by atoms with Crippen LogP contribution in [0.1, 0.15) is 24.5 Å². The van der Waals surface area contributed by atoms with E-state index in [9.17, 15) is 4.79 Å². The molecule has 1 atom stereocenters. The number of nitrogens with two attached hydrogens (primary N) is 1. The Labute approximate surface area is 114 Å². The van der Waals surface area contributed by atoms with Crippen molar-refractivity contribution in [1.29, 1.82) is 0 Å². The Kier molecular flexibility index (Phi) is 2.97. The van der Waals surface area contributed by atoms with E-state index in [1.165, 1.54) is 16.8 Å². The normalized spacial score (nSPS) is 26.3. The standard InChI is InChI=1S/C15H21N3O/c1-15(14(16)19)6-8-18(10-15)13-4-2-3-11-9-17-7-5-12(11)13/h2-4,17H,5-10H2,1H3,(H2,16,19). The molecule has 2 heterocycles. The Morgan fingerprint density at radius 3 is 3.05 bits per heavy atom. The summed E-state index contributed by atoms with van der Waals surface area (Å²) in [5.41, 5.74) is 9.28. The van der Waals surface area contributed by atoms with Crippen molar-refractivity contribution in [3.05, 3.63) is 29.3 Å². The Hall–Kier alpha value is -1.55. The fourth-order valence-corrected chi connectivity index (χ4v) is 3.18. The van der Waals surface area contributed by atoms with Gasteiger partial charge in [0.2, 0.25) is 5.91 Å². The number of rotatable bonds is 2. The van der Waals surface area contributed by atoms with E-state index in [4.69, 9.17) is 5.73 Å². The first-order valence-corrected chi connectivity index (χ1v) is 6.96.